The molecule has 1 atom stereocenters. The lowest BCUT2D eigenvalue weighted by Crippen LogP contribution is -2.44. The van der Waals surface area contributed by atoms with Gasteiger partial charge < -0.3 is 20.5 Å². The van der Waals surface area contributed by atoms with Gasteiger partial charge in [0.15, 0.2) is 6.04 Å². The lowest BCUT2D eigenvalue weighted by Gasteiger charge is -2.14. The molecule has 3 N–H and O–H groups in total. The van der Waals surface area contributed by atoms with Gasteiger partial charge in [0.2, 0.25) is 0 Å². The molecule has 0 saturated heterocycles. The number of benzene rings is 1. The van der Waals surface area contributed by atoms with Crippen molar-refractivity contribution in [3.63, 3.8) is 0 Å². The van der Waals surface area contributed by atoms with Crippen molar-refractivity contribution >= 4 is 34.8 Å². The third-order valence-electron chi connectivity index (χ3n) is 3.12. The Morgan fingerprint density at radius 1 is 1.17 bits per heavy atom. The highest BCUT2D eigenvalue weighted by Crippen LogP contribution is 2.14. The van der Waals surface area contributed by atoms with Gasteiger partial charge in [0, 0.05) is 11.3 Å². The molecular weight excluding hydrogens is 332 g/mol. The van der Waals surface area contributed by atoms with E-state index in [1.54, 1.807) is 29.6 Å². The number of hydrogen-bond donors (Lipinski definition) is 3. The van der Waals surface area contributed by atoms with E-state index in [1.165, 1.54) is 30.6 Å². The summed E-state index contributed by atoms with van der Waals surface area (Å²) in [5.74, 6) is -1.49. The van der Waals surface area contributed by atoms with Gasteiger partial charge in [0.1, 0.15) is 0 Å². The van der Waals surface area contributed by atoms with Crippen LogP contribution in [-0.2, 0) is 9.53 Å². The van der Waals surface area contributed by atoms with E-state index in [0.717, 1.165) is 0 Å². The largest absolute Gasteiger partial charge is 0.467 e. The fourth-order valence-corrected chi connectivity index (χ4v) is 2.49. The average Bonchev–Trinajstić information content (AvgIpc) is 3.14. The molecule has 0 fully saturated rings. The van der Waals surface area contributed by atoms with Crippen LogP contribution >= 0.6 is 11.3 Å². The van der Waals surface area contributed by atoms with E-state index in [9.17, 15) is 14.4 Å². The number of rotatable bonds is 6. The van der Waals surface area contributed by atoms with Gasteiger partial charge in [-0.2, -0.15) is 0 Å². The minimum Gasteiger partial charge on any atom is -0.467 e. The lowest BCUT2D eigenvalue weighted by atomic mass is 10.1. The highest BCUT2D eigenvalue weighted by Gasteiger charge is 2.21. The fourth-order valence-electron chi connectivity index (χ4n) is 1.87. The van der Waals surface area contributed by atoms with E-state index in [4.69, 9.17) is 5.11 Å². The first-order valence-corrected chi connectivity index (χ1v) is 7.87. The van der Waals surface area contributed by atoms with Crippen LogP contribution in [0.4, 0.5) is 5.69 Å². The number of hydrogen-bond acceptors (Lipinski definition) is 6. The van der Waals surface area contributed by atoms with Crippen molar-refractivity contribution < 1.29 is 24.2 Å². The highest BCUT2D eigenvalue weighted by atomic mass is 32.1. The second kappa shape index (κ2) is 8.23. The van der Waals surface area contributed by atoms with Crippen LogP contribution in [-0.4, -0.2) is 42.6 Å². The zero-order chi connectivity index (χ0) is 17.5. The Kier molecular flexibility index (Phi) is 6.05. The fraction of sp³-hybridized carbons (Fsp3) is 0.188. The van der Waals surface area contributed by atoms with Crippen molar-refractivity contribution in [3.8, 4) is 0 Å². The smallest absolute Gasteiger partial charge is 0.330 e. The molecule has 0 radical (unpaired) electrons. The number of aliphatic hydroxyl groups excluding tert-OH is 1. The first-order valence-electron chi connectivity index (χ1n) is 6.99. The number of carbonyl (C=O) groups excluding carboxylic acids is 3. The van der Waals surface area contributed by atoms with Crippen LogP contribution in [0.1, 0.15) is 20.0 Å². The molecule has 7 nitrogen and oxygen atoms in total. The zero-order valence-electron chi connectivity index (χ0n) is 12.8. The van der Waals surface area contributed by atoms with Gasteiger partial charge >= 0.3 is 5.97 Å². The summed E-state index contributed by atoms with van der Waals surface area (Å²) in [6.45, 7) is -0.562. The van der Waals surface area contributed by atoms with Gasteiger partial charge in [-0.25, -0.2) is 4.79 Å². The molecule has 0 unspecified atom stereocenters. The molecule has 126 valence electrons. The summed E-state index contributed by atoms with van der Waals surface area (Å²) >= 11 is 1.33. The summed E-state index contributed by atoms with van der Waals surface area (Å²) in [6, 6.07) is 8.53. The second-order valence-electron chi connectivity index (χ2n) is 4.74. The van der Waals surface area contributed by atoms with Crippen molar-refractivity contribution in [1.29, 1.82) is 0 Å². The maximum absolute atomic E-state index is 12.0. The molecule has 1 heterocycles. The molecule has 0 aliphatic carbocycles. The van der Waals surface area contributed by atoms with Gasteiger partial charge in [0.25, 0.3) is 11.8 Å². The lowest BCUT2D eigenvalue weighted by molar-refractivity contribution is -0.143. The zero-order valence-corrected chi connectivity index (χ0v) is 13.6. The molecule has 2 amide bonds. The van der Waals surface area contributed by atoms with Gasteiger partial charge in [-0.15, -0.1) is 11.3 Å². The molecule has 24 heavy (non-hydrogen) atoms. The Hall–Kier alpha value is -2.71. The normalized spacial score (nSPS) is 11.4. The van der Waals surface area contributed by atoms with Crippen LogP contribution in [0.15, 0.2) is 41.8 Å². The summed E-state index contributed by atoms with van der Waals surface area (Å²) in [5.41, 5.74) is 0.822. The van der Waals surface area contributed by atoms with Crippen molar-refractivity contribution in [2.24, 2.45) is 0 Å². The average molecular weight is 348 g/mol. The number of thiophene rings is 1. The highest BCUT2D eigenvalue weighted by molar-refractivity contribution is 7.12. The van der Waals surface area contributed by atoms with Crippen LogP contribution in [0.3, 0.4) is 0 Å². The van der Waals surface area contributed by atoms with Crippen LogP contribution in [0, 0.1) is 0 Å². The number of ether oxygens (including phenoxy) is 1. The van der Waals surface area contributed by atoms with Crippen LogP contribution in [0.5, 0.6) is 0 Å². The van der Waals surface area contributed by atoms with E-state index in [1.807, 2.05) is 0 Å². The van der Waals surface area contributed by atoms with Gasteiger partial charge in [-0.05, 0) is 35.7 Å². The minimum absolute atomic E-state index is 0.228. The number of anilines is 1. The number of aliphatic hydroxyl groups is 1. The summed E-state index contributed by atoms with van der Waals surface area (Å²) in [4.78, 5) is 35.9. The standard InChI is InChI=1S/C16H16N2O5S/c1-23-16(22)12(9-19)18-14(20)10-4-6-11(7-5-10)17-15(21)13-3-2-8-24-13/h2-8,12,19H,9H2,1H3,(H,17,21)(H,18,20)/t12-/m1/s1. The molecule has 0 saturated carbocycles. The molecular formula is C16H16N2O5S. The third-order valence-corrected chi connectivity index (χ3v) is 3.99. The van der Waals surface area contributed by atoms with E-state index < -0.39 is 24.5 Å². The molecule has 0 spiro atoms. The quantitative estimate of drug-likeness (QED) is 0.682. The SMILES string of the molecule is COC(=O)[C@@H](CO)NC(=O)c1ccc(NC(=O)c2cccs2)cc1. The topological polar surface area (TPSA) is 105 Å². The number of methoxy groups -OCH3 is 1. The third kappa shape index (κ3) is 4.40. The van der Waals surface area contributed by atoms with Crippen LogP contribution in [0.2, 0.25) is 0 Å². The van der Waals surface area contributed by atoms with Gasteiger partial charge in [-0.1, -0.05) is 6.07 Å². The first kappa shape index (κ1) is 17.6. The van der Waals surface area contributed by atoms with Crippen molar-refractivity contribution in [3.05, 3.63) is 52.2 Å². The van der Waals surface area contributed by atoms with Crippen LogP contribution < -0.4 is 10.6 Å². The Bertz CT molecular complexity index is 713. The first-order chi connectivity index (χ1) is 11.5. The Balaban J connectivity index is 1.99. The Morgan fingerprint density at radius 3 is 2.42 bits per heavy atom. The summed E-state index contributed by atoms with van der Waals surface area (Å²) < 4.78 is 4.48. The van der Waals surface area contributed by atoms with Crippen molar-refractivity contribution in [2.45, 2.75) is 6.04 Å². The molecule has 0 bridgehead atoms. The predicted molar refractivity (Wildman–Crippen MR) is 89.1 cm³/mol. The Labute approximate surface area is 142 Å². The van der Waals surface area contributed by atoms with E-state index in [2.05, 4.69) is 15.4 Å². The molecule has 8 heteroatoms. The molecule has 0 aliphatic rings. The molecule has 2 rings (SSSR count). The molecule has 2 aromatic rings. The van der Waals surface area contributed by atoms with Gasteiger partial charge in [0.05, 0.1) is 18.6 Å². The van der Waals surface area contributed by atoms with Crippen LogP contribution in [0.25, 0.3) is 0 Å². The Morgan fingerprint density at radius 2 is 1.88 bits per heavy atom. The number of esters is 1. The predicted octanol–water partition coefficient (Wildman–Crippen LogP) is 1.26. The van der Waals surface area contributed by atoms with E-state index in [0.29, 0.717) is 10.6 Å². The summed E-state index contributed by atoms with van der Waals surface area (Å²) in [7, 11) is 1.17. The maximum Gasteiger partial charge on any atom is 0.330 e. The van der Waals surface area contributed by atoms with Gasteiger partial charge in [-0.3, -0.25) is 9.59 Å². The molecule has 1 aromatic carbocycles. The number of amides is 2. The summed E-state index contributed by atoms with van der Waals surface area (Å²) in [5, 5.41) is 16.0. The van der Waals surface area contributed by atoms with E-state index in [-0.39, 0.29) is 11.5 Å². The molecule has 0 aliphatic heterocycles. The van der Waals surface area contributed by atoms with Crippen molar-refractivity contribution in [1.82, 2.24) is 5.32 Å². The number of carbonyl (C=O) groups is 3. The summed E-state index contributed by atoms with van der Waals surface area (Å²) in [6.07, 6.45) is 0. The van der Waals surface area contributed by atoms with E-state index >= 15 is 0 Å². The maximum atomic E-state index is 12.0. The second-order valence-corrected chi connectivity index (χ2v) is 5.69. The molecule has 1 aromatic heterocycles. The minimum atomic E-state index is -1.12. The van der Waals surface area contributed by atoms with Crippen molar-refractivity contribution in [2.75, 3.05) is 19.0 Å². The number of nitrogens with one attached hydrogen (secondary N) is 2. The monoisotopic (exact) mass is 348 g/mol.